The second kappa shape index (κ2) is 19.5. The summed E-state index contributed by atoms with van der Waals surface area (Å²) in [6, 6.07) is 51.9. The molecule has 0 spiro atoms. The van der Waals surface area contributed by atoms with E-state index in [1.807, 2.05) is 13.8 Å². The van der Waals surface area contributed by atoms with Gasteiger partial charge in [-0.3, -0.25) is 0 Å². The molecule has 0 saturated heterocycles. The van der Waals surface area contributed by atoms with Crippen LogP contribution in [-0.4, -0.2) is 0 Å². The standard InChI is InChI=1S/C21H20.C16H16.C8H10.C2H6/c1-16-3-7-18(8-4-16)15-19-9-13-21(14-10-19)20-11-5-17(2)6-12-20;1-13-3-7-15(8-4-13)11-12-16-9-5-14(2)6-10-16;1-7-3-5-8(2)6-4-7;1-2/h3-14H,15H2,1-2H3;3-12H,1-2H3;3-6H,1-2H3;1-2H3. The molecule has 0 aliphatic carbocycles. The van der Waals surface area contributed by atoms with Crippen LogP contribution in [0.5, 0.6) is 0 Å². The fourth-order valence-electron chi connectivity index (χ4n) is 4.69. The van der Waals surface area contributed by atoms with Crippen LogP contribution in [-0.2, 0) is 6.42 Å². The molecular weight excluding hydrogens is 565 g/mol. The average molecular weight is 617 g/mol. The maximum atomic E-state index is 2.23. The summed E-state index contributed by atoms with van der Waals surface area (Å²) in [4.78, 5) is 0. The minimum absolute atomic E-state index is 0.995. The molecule has 47 heavy (non-hydrogen) atoms. The highest BCUT2D eigenvalue weighted by Gasteiger charge is 2.00. The molecule has 0 atom stereocenters. The van der Waals surface area contributed by atoms with Crippen LogP contribution in [0.15, 0.2) is 146 Å². The van der Waals surface area contributed by atoms with Gasteiger partial charge in [-0.2, -0.15) is 0 Å². The Balaban J connectivity index is 0.000000203. The Bertz CT molecular complexity index is 1660. The van der Waals surface area contributed by atoms with Gasteiger partial charge in [-0.1, -0.05) is 205 Å². The molecule has 0 amide bonds. The Labute approximate surface area is 285 Å². The van der Waals surface area contributed by atoms with Crippen LogP contribution in [0.2, 0.25) is 0 Å². The summed E-state index contributed by atoms with van der Waals surface area (Å²) in [5.41, 5.74) is 15.6. The summed E-state index contributed by atoms with van der Waals surface area (Å²) >= 11 is 0. The van der Waals surface area contributed by atoms with Crippen LogP contribution < -0.4 is 0 Å². The van der Waals surface area contributed by atoms with Crippen molar-refractivity contribution in [2.75, 3.05) is 0 Å². The van der Waals surface area contributed by atoms with Crippen molar-refractivity contribution >= 4 is 12.2 Å². The monoisotopic (exact) mass is 616 g/mol. The highest BCUT2D eigenvalue weighted by molar-refractivity contribution is 5.69. The predicted octanol–water partition coefficient (Wildman–Crippen LogP) is 13.4. The molecule has 6 aromatic rings. The largest absolute Gasteiger partial charge is 0.0683 e. The van der Waals surface area contributed by atoms with Gasteiger partial charge in [0.25, 0.3) is 0 Å². The minimum Gasteiger partial charge on any atom is -0.0683 e. The van der Waals surface area contributed by atoms with E-state index in [0.29, 0.717) is 0 Å². The Morgan fingerprint density at radius 1 is 0.298 bits per heavy atom. The van der Waals surface area contributed by atoms with Gasteiger partial charge in [-0.05, 0) is 81.3 Å². The first kappa shape index (κ1) is 36.5. The van der Waals surface area contributed by atoms with E-state index in [2.05, 4.69) is 199 Å². The van der Waals surface area contributed by atoms with E-state index in [1.165, 1.54) is 66.8 Å². The Morgan fingerprint density at radius 3 is 0.830 bits per heavy atom. The summed E-state index contributed by atoms with van der Waals surface area (Å²) in [5.74, 6) is 0. The number of aryl methyl sites for hydroxylation is 6. The molecule has 0 fully saturated rings. The third-order valence-corrected chi connectivity index (χ3v) is 7.71. The quantitative estimate of drug-likeness (QED) is 0.169. The number of hydrogen-bond donors (Lipinski definition) is 0. The highest BCUT2D eigenvalue weighted by Crippen LogP contribution is 2.21. The molecule has 0 heteroatoms. The number of rotatable bonds is 5. The second-order valence-electron chi connectivity index (χ2n) is 12.0. The molecule has 240 valence electrons. The molecule has 0 heterocycles. The first-order valence-electron chi connectivity index (χ1n) is 16.8. The third kappa shape index (κ3) is 13.5. The van der Waals surface area contributed by atoms with E-state index in [0.717, 1.165) is 6.42 Å². The second-order valence-corrected chi connectivity index (χ2v) is 12.0. The third-order valence-electron chi connectivity index (χ3n) is 7.71. The zero-order valence-corrected chi connectivity index (χ0v) is 29.7. The highest BCUT2D eigenvalue weighted by atomic mass is 14.0. The van der Waals surface area contributed by atoms with E-state index in [9.17, 15) is 0 Å². The van der Waals surface area contributed by atoms with Crippen molar-refractivity contribution < 1.29 is 0 Å². The lowest BCUT2D eigenvalue weighted by Gasteiger charge is -2.06. The smallest absolute Gasteiger partial charge is 0.00258 e. The van der Waals surface area contributed by atoms with Crippen LogP contribution in [0, 0.1) is 41.5 Å². The summed E-state index contributed by atoms with van der Waals surface area (Å²) in [7, 11) is 0. The molecule has 0 saturated carbocycles. The molecule has 0 unspecified atom stereocenters. The van der Waals surface area contributed by atoms with Crippen molar-refractivity contribution in [3.63, 3.8) is 0 Å². The maximum Gasteiger partial charge on any atom is -0.00258 e. The van der Waals surface area contributed by atoms with Gasteiger partial charge in [-0.15, -0.1) is 0 Å². The molecule has 0 aromatic heterocycles. The van der Waals surface area contributed by atoms with Gasteiger partial charge in [0.1, 0.15) is 0 Å². The molecule has 0 bridgehead atoms. The average Bonchev–Trinajstić information content (AvgIpc) is 3.10. The molecule has 6 rings (SSSR count). The van der Waals surface area contributed by atoms with Crippen molar-refractivity contribution in [2.24, 2.45) is 0 Å². The van der Waals surface area contributed by atoms with Gasteiger partial charge in [0.15, 0.2) is 0 Å². The summed E-state index contributed by atoms with van der Waals surface area (Å²) in [6.07, 6.45) is 5.28. The molecule has 0 aliphatic rings. The van der Waals surface area contributed by atoms with E-state index >= 15 is 0 Å². The van der Waals surface area contributed by atoms with Crippen LogP contribution in [0.3, 0.4) is 0 Å². The normalized spacial score (nSPS) is 10.1. The Hall–Kier alpha value is -4.94. The van der Waals surface area contributed by atoms with Gasteiger partial charge >= 0.3 is 0 Å². The molecule has 0 N–H and O–H groups in total. The van der Waals surface area contributed by atoms with Gasteiger partial charge in [0.05, 0.1) is 0 Å². The van der Waals surface area contributed by atoms with E-state index < -0.39 is 0 Å². The summed E-state index contributed by atoms with van der Waals surface area (Å²) in [6.45, 7) is 16.6. The van der Waals surface area contributed by atoms with Crippen LogP contribution >= 0.6 is 0 Å². The Morgan fingerprint density at radius 2 is 0.511 bits per heavy atom. The zero-order chi connectivity index (χ0) is 34.0. The first-order valence-corrected chi connectivity index (χ1v) is 16.8. The molecule has 0 radical (unpaired) electrons. The van der Waals surface area contributed by atoms with Crippen molar-refractivity contribution in [3.05, 3.63) is 201 Å². The minimum atomic E-state index is 0.995. The van der Waals surface area contributed by atoms with Crippen LogP contribution in [0.1, 0.15) is 69.5 Å². The van der Waals surface area contributed by atoms with Gasteiger partial charge < -0.3 is 0 Å². The van der Waals surface area contributed by atoms with E-state index in [-0.39, 0.29) is 0 Å². The van der Waals surface area contributed by atoms with Gasteiger partial charge in [0, 0.05) is 0 Å². The topological polar surface area (TPSA) is 0 Å². The first-order chi connectivity index (χ1) is 22.7. The van der Waals surface area contributed by atoms with Gasteiger partial charge in [0.2, 0.25) is 0 Å². The maximum absolute atomic E-state index is 2.23. The molecule has 0 aliphatic heterocycles. The lowest BCUT2D eigenvalue weighted by atomic mass is 9.99. The fourth-order valence-corrected chi connectivity index (χ4v) is 4.69. The fraction of sp³-hybridized carbons (Fsp3) is 0.191. The van der Waals surface area contributed by atoms with Crippen molar-refractivity contribution in [1.82, 2.24) is 0 Å². The molecule has 6 aromatic carbocycles. The van der Waals surface area contributed by atoms with Gasteiger partial charge in [-0.25, -0.2) is 0 Å². The number of benzene rings is 6. The van der Waals surface area contributed by atoms with Crippen molar-refractivity contribution in [3.8, 4) is 11.1 Å². The predicted molar refractivity (Wildman–Crippen MR) is 209 cm³/mol. The summed E-state index contributed by atoms with van der Waals surface area (Å²) < 4.78 is 0. The summed E-state index contributed by atoms with van der Waals surface area (Å²) in [5, 5.41) is 0. The molecule has 0 nitrogen and oxygen atoms in total. The van der Waals surface area contributed by atoms with Crippen LogP contribution in [0.25, 0.3) is 23.3 Å². The lowest BCUT2D eigenvalue weighted by Crippen LogP contribution is -1.88. The van der Waals surface area contributed by atoms with Crippen molar-refractivity contribution in [2.45, 2.75) is 61.8 Å². The van der Waals surface area contributed by atoms with E-state index in [1.54, 1.807) is 0 Å². The zero-order valence-electron chi connectivity index (χ0n) is 29.7. The molecular formula is C47H52. The van der Waals surface area contributed by atoms with Crippen molar-refractivity contribution in [1.29, 1.82) is 0 Å². The lowest BCUT2D eigenvalue weighted by molar-refractivity contribution is 1.19. The SMILES string of the molecule is CC.Cc1ccc(C)cc1.Cc1ccc(C=Cc2ccc(C)cc2)cc1.Cc1ccc(Cc2ccc(-c3ccc(C)cc3)cc2)cc1. The Kier molecular flexibility index (Phi) is 15.2. The van der Waals surface area contributed by atoms with Crippen LogP contribution in [0.4, 0.5) is 0 Å². The van der Waals surface area contributed by atoms with E-state index in [4.69, 9.17) is 0 Å². The number of hydrogen-bond acceptors (Lipinski definition) is 0.